The minimum absolute atomic E-state index is 0.0991. The smallest absolute Gasteiger partial charge is 0.291 e. The molecule has 0 atom stereocenters. The Morgan fingerprint density at radius 3 is 2.88 bits per heavy atom. The van der Waals surface area contributed by atoms with Crippen LogP contribution in [0.4, 0.5) is 5.95 Å². The van der Waals surface area contributed by atoms with E-state index in [1.807, 2.05) is 4.90 Å². The number of nitrogens with zero attached hydrogens (tertiary/aromatic N) is 3. The number of nitrogen functional groups attached to an aromatic ring is 1. The molecule has 6 nitrogen and oxygen atoms in total. The maximum absolute atomic E-state index is 12.0. The molecule has 0 unspecified atom stereocenters. The predicted octanol–water partition coefficient (Wildman–Crippen LogP) is 0.649. The molecule has 1 amide bonds. The highest BCUT2D eigenvalue weighted by Crippen LogP contribution is 2.30. The zero-order valence-electron chi connectivity index (χ0n) is 9.44. The van der Waals surface area contributed by atoms with Crippen LogP contribution in [0.2, 0.25) is 0 Å². The molecule has 0 aromatic carbocycles. The van der Waals surface area contributed by atoms with Crippen LogP contribution in [0.3, 0.4) is 0 Å². The summed E-state index contributed by atoms with van der Waals surface area (Å²) in [6.45, 7) is 3.64. The number of amides is 1. The summed E-state index contributed by atoms with van der Waals surface area (Å²) < 4.78 is 0. The molecule has 2 rings (SSSR count). The van der Waals surface area contributed by atoms with E-state index < -0.39 is 0 Å². The molecular formula is C10H17N5O. The number of carbonyl (C=O) groups excluding carboxylic acids is 1. The number of hydrogen-bond donors (Lipinski definition) is 2. The topological polar surface area (TPSA) is 87.9 Å². The number of nitrogens with two attached hydrogens (primary N) is 1. The summed E-state index contributed by atoms with van der Waals surface area (Å²) in [5.74, 6) is 0.937. The summed E-state index contributed by atoms with van der Waals surface area (Å²) in [6, 6.07) is 0. The van der Waals surface area contributed by atoms with Gasteiger partial charge in [-0.25, -0.2) is 0 Å². The molecule has 0 saturated heterocycles. The van der Waals surface area contributed by atoms with Gasteiger partial charge in [-0.2, -0.15) is 4.98 Å². The van der Waals surface area contributed by atoms with Crippen molar-refractivity contribution in [1.29, 1.82) is 0 Å². The van der Waals surface area contributed by atoms with E-state index in [1.54, 1.807) is 0 Å². The number of aromatic nitrogens is 3. The van der Waals surface area contributed by atoms with Gasteiger partial charge in [-0.15, -0.1) is 5.10 Å². The summed E-state index contributed by atoms with van der Waals surface area (Å²) >= 11 is 0. The third-order valence-corrected chi connectivity index (χ3v) is 2.66. The first-order chi connectivity index (χ1) is 7.70. The first-order valence-corrected chi connectivity index (χ1v) is 5.68. The molecule has 1 aliphatic carbocycles. The van der Waals surface area contributed by atoms with Gasteiger partial charge in [-0.05, 0) is 25.2 Å². The zero-order valence-corrected chi connectivity index (χ0v) is 9.44. The molecule has 16 heavy (non-hydrogen) atoms. The second-order valence-electron chi connectivity index (χ2n) is 4.24. The van der Waals surface area contributed by atoms with Gasteiger partial charge < -0.3 is 10.6 Å². The lowest BCUT2D eigenvalue weighted by atomic mass is 10.3. The summed E-state index contributed by atoms with van der Waals surface area (Å²) in [5, 5.41) is 6.23. The molecule has 6 heteroatoms. The van der Waals surface area contributed by atoms with E-state index in [9.17, 15) is 4.79 Å². The van der Waals surface area contributed by atoms with Crippen LogP contribution in [-0.2, 0) is 0 Å². The van der Waals surface area contributed by atoms with Gasteiger partial charge >= 0.3 is 0 Å². The Balaban J connectivity index is 2.02. The third-order valence-electron chi connectivity index (χ3n) is 2.66. The number of anilines is 1. The Morgan fingerprint density at radius 1 is 1.62 bits per heavy atom. The number of hydrogen-bond acceptors (Lipinski definition) is 4. The van der Waals surface area contributed by atoms with Crippen molar-refractivity contribution in [2.45, 2.75) is 26.2 Å². The number of aromatic amines is 1. The van der Waals surface area contributed by atoms with Crippen molar-refractivity contribution in [1.82, 2.24) is 20.1 Å². The van der Waals surface area contributed by atoms with E-state index >= 15 is 0 Å². The van der Waals surface area contributed by atoms with Crippen molar-refractivity contribution < 1.29 is 4.79 Å². The molecule has 0 radical (unpaired) electrons. The Bertz CT molecular complexity index is 371. The van der Waals surface area contributed by atoms with Crippen LogP contribution in [-0.4, -0.2) is 39.1 Å². The van der Waals surface area contributed by atoms with Crippen LogP contribution >= 0.6 is 0 Å². The zero-order chi connectivity index (χ0) is 11.5. The van der Waals surface area contributed by atoms with Gasteiger partial charge in [0, 0.05) is 13.1 Å². The van der Waals surface area contributed by atoms with Crippen molar-refractivity contribution in [2.24, 2.45) is 5.92 Å². The molecule has 1 heterocycles. The van der Waals surface area contributed by atoms with Crippen molar-refractivity contribution in [3.63, 3.8) is 0 Å². The molecule has 3 N–H and O–H groups in total. The van der Waals surface area contributed by atoms with Crippen molar-refractivity contribution in [2.75, 3.05) is 18.8 Å². The van der Waals surface area contributed by atoms with Gasteiger partial charge in [0.05, 0.1) is 0 Å². The predicted molar refractivity (Wildman–Crippen MR) is 59.7 cm³/mol. The van der Waals surface area contributed by atoms with Gasteiger partial charge in [-0.3, -0.25) is 9.89 Å². The first kappa shape index (κ1) is 10.9. The largest absolute Gasteiger partial charge is 0.366 e. The molecule has 1 saturated carbocycles. The summed E-state index contributed by atoms with van der Waals surface area (Å²) in [5.41, 5.74) is 5.38. The van der Waals surface area contributed by atoms with Gasteiger partial charge in [0.25, 0.3) is 5.91 Å². The number of rotatable bonds is 5. The molecular weight excluding hydrogens is 206 g/mol. The molecule has 88 valence electrons. The Kier molecular flexibility index (Phi) is 3.07. The molecule has 1 fully saturated rings. The molecule has 1 aromatic rings. The summed E-state index contributed by atoms with van der Waals surface area (Å²) in [6.07, 6.45) is 3.40. The molecule has 0 aliphatic heterocycles. The molecule has 0 spiro atoms. The van der Waals surface area contributed by atoms with E-state index in [4.69, 9.17) is 5.73 Å². The van der Waals surface area contributed by atoms with Crippen LogP contribution in [0.1, 0.15) is 36.8 Å². The van der Waals surface area contributed by atoms with Crippen LogP contribution in [0, 0.1) is 5.92 Å². The average molecular weight is 223 g/mol. The number of H-pyrrole nitrogens is 1. The highest BCUT2D eigenvalue weighted by molar-refractivity contribution is 5.90. The average Bonchev–Trinajstić information content (AvgIpc) is 2.97. The van der Waals surface area contributed by atoms with Crippen molar-refractivity contribution >= 4 is 11.9 Å². The standard InChI is InChI=1S/C10H17N5O/c1-2-5-15(6-7-3-4-7)9(16)8-12-10(11)14-13-8/h7H,2-6H2,1H3,(H3,11,12,13,14). The molecule has 1 aliphatic rings. The van der Waals surface area contributed by atoms with Gasteiger partial charge in [-0.1, -0.05) is 6.92 Å². The first-order valence-electron chi connectivity index (χ1n) is 5.68. The second kappa shape index (κ2) is 4.51. The number of carbonyl (C=O) groups is 1. The fourth-order valence-electron chi connectivity index (χ4n) is 1.68. The summed E-state index contributed by atoms with van der Waals surface area (Å²) in [4.78, 5) is 17.7. The van der Waals surface area contributed by atoms with E-state index in [2.05, 4.69) is 22.1 Å². The lowest BCUT2D eigenvalue weighted by molar-refractivity contribution is 0.0736. The lowest BCUT2D eigenvalue weighted by Gasteiger charge is -2.20. The van der Waals surface area contributed by atoms with Gasteiger partial charge in [0.15, 0.2) is 0 Å². The van der Waals surface area contributed by atoms with Crippen molar-refractivity contribution in [3.8, 4) is 0 Å². The van der Waals surface area contributed by atoms with Crippen LogP contribution in [0.5, 0.6) is 0 Å². The monoisotopic (exact) mass is 223 g/mol. The van der Waals surface area contributed by atoms with E-state index in [-0.39, 0.29) is 17.7 Å². The minimum Gasteiger partial charge on any atom is -0.366 e. The van der Waals surface area contributed by atoms with Crippen LogP contribution in [0.25, 0.3) is 0 Å². The fourth-order valence-corrected chi connectivity index (χ4v) is 1.68. The van der Waals surface area contributed by atoms with E-state index in [0.717, 1.165) is 19.5 Å². The van der Waals surface area contributed by atoms with Gasteiger partial charge in [0.2, 0.25) is 11.8 Å². The SMILES string of the molecule is CCCN(CC1CC1)C(=O)c1nc(N)n[nH]1. The van der Waals surface area contributed by atoms with Crippen LogP contribution in [0.15, 0.2) is 0 Å². The van der Waals surface area contributed by atoms with Crippen molar-refractivity contribution in [3.05, 3.63) is 5.82 Å². The van der Waals surface area contributed by atoms with E-state index in [0.29, 0.717) is 5.92 Å². The Labute approximate surface area is 94.2 Å². The Morgan fingerprint density at radius 2 is 2.38 bits per heavy atom. The second-order valence-corrected chi connectivity index (χ2v) is 4.24. The minimum atomic E-state index is -0.0991. The number of nitrogens with one attached hydrogen (secondary N) is 1. The highest BCUT2D eigenvalue weighted by Gasteiger charge is 2.27. The quantitative estimate of drug-likeness (QED) is 0.767. The molecule has 1 aromatic heterocycles. The van der Waals surface area contributed by atoms with Gasteiger partial charge in [0.1, 0.15) is 0 Å². The summed E-state index contributed by atoms with van der Waals surface area (Å²) in [7, 11) is 0. The van der Waals surface area contributed by atoms with Crippen LogP contribution < -0.4 is 5.73 Å². The molecule has 0 bridgehead atoms. The Hall–Kier alpha value is -1.59. The third kappa shape index (κ3) is 2.50. The fraction of sp³-hybridized carbons (Fsp3) is 0.700. The maximum atomic E-state index is 12.0. The normalized spacial score (nSPS) is 15.1. The maximum Gasteiger partial charge on any atom is 0.291 e. The lowest BCUT2D eigenvalue weighted by Crippen LogP contribution is -2.34. The highest BCUT2D eigenvalue weighted by atomic mass is 16.2. The van der Waals surface area contributed by atoms with E-state index in [1.165, 1.54) is 12.8 Å².